The quantitative estimate of drug-likeness (QED) is 0.499. The number of nitrogens with zero attached hydrogens (tertiary/aromatic N) is 4. The number of hydrogen-bond acceptors (Lipinski definition) is 4. The summed E-state index contributed by atoms with van der Waals surface area (Å²) in [6.45, 7) is 16.0. The fraction of sp³-hybridized carbons (Fsp3) is 1.00. The van der Waals surface area contributed by atoms with Crippen LogP contribution in [0.15, 0.2) is 0 Å². The second-order valence-corrected chi connectivity index (χ2v) is 9.61. The summed E-state index contributed by atoms with van der Waals surface area (Å²) in [6, 6.07) is 0. The Kier molecular flexibility index (Phi) is 11.2. The van der Waals surface area contributed by atoms with Gasteiger partial charge in [-0.1, -0.05) is 19.3 Å². The average molecular weight is 393 g/mol. The van der Waals surface area contributed by atoms with Crippen LogP contribution in [0, 0.1) is 0 Å². The van der Waals surface area contributed by atoms with Crippen LogP contribution in [0.25, 0.3) is 0 Å². The van der Waals surface area contributed by atoms with E-state index in [-0.39, 0.29) is 0 Å². The van der Waals surface area contributed by atoms with Crippen molar-refractivity contribution in [1.29, 1.82) is 0 Å². The van der Waals surface area contributed by atoms with Crippen molar-refractivity contribution >= 4 is 0 Å². The van der Waals surface area contributed by atoms with Crippen LogP contribution in [-0.4, -0.2) is 98.1 Å². The van der Waals surface area contributed by atoms with E-state index in [9.17, 15) is 0 Å². The second-order valence-electron chi connectivity index (χ2n) is 9.61. The minimum absolute atomic E-state index is 1.32. The molecule has 3 heterocycles. The van der Waals surface area contributed by atoms with E-state index in [2.05, 4.69) is 19.6 Å². The summed E-state index contributed by atoms with van der Waals surface area (Å²) in [5.41, 5.74) is 0. The first-order chi connectivity index (χ1) is 13.9. The van der Waals surface area contributed by atoms with Crippen molar-refractivity contribution in [3.63, 3.8) is 0 Å². The number of hydrogen-bond donors (Lipinski definition) is 0. The van der Waals surface area contributed by atoms with Gasteiger partial charge in [0.15, 0.2) is 0 Å². The highest BCUT2D eigenvalue weighted by Crippen LogP contribution is 2.12. The second kappa shape index (κ2) is 14.0. The SMILES string of the molecule is C1CCN(CCCN(CCCN2CCCCC2)CCCN2CCCCC2)CC1. The molecule has 0 amide bonds. The summed E-state index contributed by atoms with van der Waals surface area (Å²) in [4.78, 5) is 10.9. The molecule has 28 heavy (non-hydrogen) atoms. The first-order valence-electron chi connectivity index (χ1n) is 12.8. The number of rotatable bonds is 12. The Morgan fingerprint density at radius 1 is 0.393 bits per heavy atom. The predicted octanol–water partition coefficient (Wildman–Crippen LogP) is 3.92. The highest BCUT2D eigenvalue weighted by molar-refractivity contribution is 4.70. The molecule has 3 fully saturated rings. The zero-order valence-electron chi connectivity index (χ0n) is 18.8. The largest absolute Gasteiger partial charge is 0.303 e. The fourth-order valence-electron chi connectivity index (χ4n) is 5.44. The van der Waals surface area contributed by atoms with Crippen molar-refractivity contribution < 1.29 is 0 Å². The summed E-state index contributed by atoms with van der Waals surface area (Å²) in [6.07, 6.45) is 17.0. The molecule has 0 radical (unpaired) electrons. The van der Waals surface area contributed by atoms with Gasteiger partial charge < -0.3 is 19.6 Å². The lowest BCUT2D eigenvalue weighted by atomic mass is 10.1. The summed E-state index contributed by atoms with van der Waals surface area (Å²) < 4.78 is 0. The number of piperidine rings is 3. The molecule has 4 nitrogen and oxygen atoms in total. The molecule has 0 spiro atoms. The van der Waals surface area contributed by atoms with Crippen molar-refractivity contribution in [1.82, 2.24) is 19.6 Å². The molecule has 3 rings (SSSR count). The van der Waals surface area contributed by atoms with E-state index in [1.165, 1.54) is 156 Å². The summed E-state index contributed by atoms with van der Waals surface area (Å²) >= 11 is 0. The third kappa shape index (κ3) is 9.11. The van der Waals surface area contributed by atoms with E-state index in [0.717, 1.165) is 0 Å². The van der Waals surface area contributed by atoms with Gasteiger partial charge in [0.05, 0.1) is 0 Å². The third-order valence-electron chi connectivity index (χ3n) is 7.19. The van der Waals surface area contributed by atoms with Gasteiger partial charge in [-0.3, -0.25) is 0 Å². The van der Waals surface area contributed by atoms with Crippen molar-refractivity contribution in [3.05, 3.63) is 0 Å². The lowest BCUT2D eigenvalue weighted by Crippen LogP contribution is -2.37. The Hall–Kier alpha value is -0.160. The highest BCUT2D eigenvalue weighted by atomic mass is 15.2. The maximum absolute atomic E-state index is 2.80. The van der Waals surface area contributed by atoms with Gasteiger partial charge in [0.1, 0.15) is 0 Å². The molecular formula is C24H48N4. The van der Waals surface area contributed by atoms with Gasteiger partial charge in [0.25, 0.3) is 0 Å². The van der Waals surface area contributed by atoms with Gasteiger partial charge in [0, 0.05) is 0 Å². The maximum Gasteiger partial charge on any atom is -0.000653 e. The van der Waals surface area contributed by atoms with Crippen LogP contribution in [0.3, 0.4) is 0 Å². The summed E-state index contributed by atoms with van der Waals surface area (Å²) in [5.74, 6) is 0. The first-order valence-corrected chi connectivity index (χ1v) is 12.8. The summed E-state index contributed by atoms with van der Waals surface area (Å²) in [7, 11) is 0. The van der Waals surface area contributed by atoms with E-state index in [1.807, 2.05) is 0 Å². The van der Waals surface area contributed by atoms with Crippen LogP contribution in [0.5, 0.6) is 0 Å². The van der Waals surface area contributed by atoms with Gasteiger partial charge in [-0.2, -0.15) is 0 Å². The van der Waals surface area contributed by atoms with E-state index in [0.29, 0.717) is 0 Å². The molecule has 0 aromatic carbocycles. The molecule has 4 heteroatoms. The fourth-order valence-corrected chi connectivity index (χ4v) is 5.44. The molecule has 3 saturated heterocycles. The van der Waals surface area contributed by atoms with Crippen LogP contribution < -0.4 is 0 Å². The first kappa shape index (κ1) is 22.5. The predicted molar refractivity (Wildman–Crippen MR) is 121 cm³/mol. The molecule has 0 bridgehead atoms. The van der Waals surface area contributed by atoms with Gasteiger partial charge in [-0.05, 0) is 136 Å². The van der Waals surface area contributed by atoms with Crippen molar-refractivity contribution in [2.75, 3.05) is 78.5 Å². The Morgan fingerprint density at radius 3 is 0.964 bits per heavy atom. The molecule has 0 saturated carbocycles. The van der Waals surface area contributed by atoms with Crippen LogP contribution >= 0.6 is 0 Å². The standard InChI is InChI=1S/C24H48N4/c1-4-13-25(14-5-1)19-10-22-28(23-11-20-26-15-6-2-7-16-26)24-12-21-27-17-8-3-9-18-27/h1-24H2. The van der Waals surface area contributed by atoms with Crippen molar-refractivity contribution in [2.45, 2.75) is 77.0 Å². The molecule has 0 atom stereocenters. The van der Waals surface area contributed by atoms with Gasteiger partial charge >= 0.3 is 0 Å². The minimum atomic E-state index is 1.32. The molecule has 3 aliphatic rings. The average Bonchev–Trinajstić information content (AvgIpc) is 2.76. The third-order valence-corrected chi connectivity index (χ3v) is 7.19. The van der Waals surface area contributed by atoms with E-state index in [4.69, 9.17) is 0 Å². The monoisotopic (exact) mass is 392 g/mol. The van der Waals surface area contributed by atoms with Crippen LogP contribution in [0.4, 0.5) is 0 Å². The zero-order chi connectivity index (χ0) is 19.3. The van der Waals surface area contributed by atoms with Crippen molar-refractivity contribution in [3.8, 4) is 0 Å². The molecule has 0 aromatic heterocycles. The zero-order valence-corrected chi connectivity index (χ0v) is 18.8. The van der Waals surface area contributed by atoms with Gasteiger partial charge in [-0.15, -0.1) is 0 Å². The minimum Gasteiger partial charge on any atom is -0.303 e. The van der Waals surface area contributed by atoms with E-state index >= 15 is 0 Å². The molecule has 0 unspecified atom stereocenters. The smallest absolute Gasteiger partial charge is 0.000653 e. The normalized spacial score (nSPS) is 23.5. The maximum atomic E-state index is 2.80. The van der Waals surface area contributed by atoms with Crippen LogP contribution in [0.2, 0.25) is 0 Å². The molecule has 0 N–H and O–H groups in total. The highest BCUT2D eigenvalue weighted by Gasteiger charge is 2.14. The molecule has 3 aliphatic heterocycles. The molecule has 0 aromatic rings. The van der Waals surface area contributed by atoms with Gasteiger partial charge in [0.2, 0.25) is 0 Å². The molecule has 164 valence electrons. The lowest BCUT2D eigenvalue weighted by molar-refractivity contribution is 0.174. The summed E-state index contributed by atoms with van der Waals surface area (Å²) in [5, 5.41) is 0. The van der Waals surface area contributed by atoms with Crippen LogP contribution in [0.1, 0.15) is 77.0 Å². The van der Waals surface area contributed by atoms with Crippen LogP contribution in [-0.2, 0) is 0 Å². The molecule has 0 aliphatic carbocycles. The Labute approximate surface area is 175 Å². The Bertz CT molecular complexity index is 314. The van der Waals surface area contributed by atoms with E-state index in [1.54, 1.807) is 0 Å². The Balaban J connectivity index is 1.32. The lowest BCUT2D eigenvalue weighted by Gasteiger charge is -2.31. The number of likely N-dealkylation sites (tertiary alicyclic amines) is 3. The van der Waals surface area contributed by atoms with Crippen molar-refractivity contribution in [2.24, 2.45) is 0 Å². The van der Waals surface area contributed by atoms with Gasteiger partial charge in [-0.25, -0.2) is 0 Å². The molecular weight excluding hydrogens is 344 g/mol. The Morgan fingerprint density at radius 2 is 0.679 bits per heavy atom. The topological polar surface area (TPSA) is 13.0 Å². The van der Waals surface area contributed by atoms with E-state index < -0.39 is 0 Å².